The number of carbonyl (C=O) groups excluding carboxylic acids is 1. The van der Waals surface area contributed by atoms with E-state index in [2.05, 4.69) is 26.0 Å². The van der Waals surface area contributed by atoms with Crippen LogP contribution >= 0.6 is 15.9 Å². The van der Waals surface area contributed by atoms with Crippen LogP contribution < -0.4 is 0 Å². The normalized spacial score (nSPS) is 16.7. The number of halogens is 1. The second kappa shape index (κ2) is 7.22. The van der Waals surface area contributed by atoms with Gasteiger partial charge in [-0.3, -0.25) is 0 Å². The van der Waals surface area contributed by atoms with Crippen LogP contribution in [0.25, 0.3) is 0 Å². The van der Waals surface area contributed by atoms with E-state index in [1.165, 1.54) is 29.9 Å². The number of esters is 1. The lowest BCUT2D eigenvalue weighted by molar-refractivity contribution is 0.0599. The van der Waals surface area contributed by atoms with Crippen molar-refractivity contribution in [1.29, 1.82) is 0 Å². The zero-order valence-corrected chi connectivity index (χ0v) is 15.9. The zero-order chi connectivity index (χ0) is 18.0. The smallest absolute Gasteiger partial charge is 0.339 e. The Balaban J connectivity index is 1.80. The highest BCUT2D eigenvalue weighted by Crippen LogP contribution is 2.28. The van der Waals surface area contributed by atoms with Crippen LogP contribution in [0, 0.1) is 0 Å². The molecule has 0 bridgehead atoms. The molecule has 10 heteroatoms. The van der Waals surface area contributed by atoms with Crippen LogP contribution in [0.15, 0.2) is 40.2 Å². The van der Waals surface area contributed by atoms with Crippen molar-refractivity contribution < 1.29 is 17.9 Å². The molecule has 1 saturated heterocycles. The third-order valence-electron chi connectivity index (χ3n) is 4.22. The largest absolute Gasteiger partial charge is 0.465 e. The Morgan fingerprint density at radius 2 is 2.04 bits per heavy atom. The molecule has 0 N–H and O–H groups in total. The predicted molar refractivity (Wildman–Crippen MR) is 92.5 cm³/mol. The van der Waals surface area contributed by atoms with Crippen molar-refractivity contribution in [3.8, 4) is 0 Å². The molecule has 2 aromatic rings. The van der Waals surface area contributed by atoms with E-state index in [0.717, 1.165) is 0 Å². The molecule has 0 unspecified atom stereocenters. The van der Waals surface area contributed by atoms with Crippen molar-refractivity contribution in [3.63, 3.8) is 0 Å². The highest BCUT2D eigenvalue weighted by molar-refractivity contribution is 9.10. The average Bonchev–Trinajstić information content (AvgIpc) is 3.16. The molecule has 0 aliphatic carbocycles. The molecule has 0 saturated carbocycles. The summed E-state index contributed by atoms with van der Waals surface area (Å²) < 4.78 is 34.1. The first-order valence-corrected chi connectivity index (χ1v) is 9.89. The molecule has 25 heavy (non-hydrogen) atoms. The maximum Gasteiger partial charge on any atom is 0.339 e. The van der Waals surface area contributed by atoms with Crippen LogP contribution in [0.5, 0.6) is 0 Å². The van der Waals surface area contributed by atoms with Crippen LogP contribution in [0.2, 0.25) is 0 Å². The molecular formula is C15H17BrN4O4S. The number of rotatable bonds is 4. The minimum atomic E-state index is -3.68. The number of carbonyl (C=O) groups is 1. The number of hydrogen-bond acceptors (Lipinski definition) is 6. The van der Waals surface area contributed by atoms with Gasteiger partial charge in [0, 0.05) is 17.6 Å². The summed E-state index contributed by atoms with van der Waals surface area (Å²) in [5.41, 5.74) is 0.182. The van der Waals surface area contributed by atoms with Crippen molar-refractivity contribution in [2.24, 2.45) is 0 Å². The van der Waals surface area contributed by atoms with Gasteiger partial charge in [0.05, 0.1) is 23.6 Å². The third kappa shape index (κ3) is 3.60. The van der Waals surface area contributed by atoms with Gasteiger partial charge in [-0.25, -0.2) is 22.9 Å². The predicted octanol–water partition coefficient (Wildman–Crippen LogP) is 1.85. The molecule has 0 amide bonds. The monoisotopic (exact) mass is 428 g/mol. The maximum atomic E-state index is 12.9. The number of methoxy groups -OCH3 is 1. The van der Waals surface area contributed by atoms with Crippen LogP contribution in [-0.4, -0.2) is 53.7 Å². The zero-order valence-electron chi connectivity index (χ0n) is 13.5. The van der Waals surface area contributed by atoms with Gasteiger partial charge in [0.1, 0.15) is 12.7 Å². The number of aromatic nitrogens is 3. The molecule has 8 nitrogen and oxygen atoms in total. The van der Waals surface area contributed by atoms with Gasteiger partial charge in [0.2, 0.25) is 10.0 Å². The summed E-state index contributed by atoms with van der Waals surface area (Å²) in [6.45, 7) is 0.771. The molecule has 134 valence electrons. The maximum absolute atomic E-state index is 12.9. The number of nitrogens with zero attached hydrogens (tertiary/aromatic N) is 4. The first kappa shape index (κ1) is 18.0. The Hall–Kier alpha value is -1.78. The standard InChI is InChI=1S/C15H17BrN4O4S/c1-24-15(21)13-8-12(2-3-14(13)16)25(22,23)19-6-4-11(5-7-19)20-10-17-9-18-20/h2-3,8-11H,4-7H2,1H3. The Morgan fingerprint density at radius 1 is 1.32 bits per heavy atom. The van der Waals surface area contributed by atoms with Gasteiger partial charge in [-0.2, -0.15) is 9.40 Å². The first-order valence-electron chi connectivity index (χ1n) is 7.65. The van der Waals surface area contributed by atoms with E-state index in [-0.39, 0.29) is 16.5 Å². The fourth-order valence-corrected chi connectivity index (χ4v) is 4.74. The molecule has 1 fully saturated rings. The second-order valence-corrected chi connectivity index (χ2v) is 8.44. The molecule has 2 heterocycles. The van der Waals surface area contributed by atoms with Gasteiger partial charge in [-0.15, -0.1) is 0 Å². The topological polar surface area (TPSA) is 94.4 Å². The number of sulfonamides is 1. The van der Waals surface area contributed by atoms with E-state index in [9.17, 15) is 13.2 Å². The molecule has 1 aromatic carbocycles. The van der Waals surface area contributed by atoms with E-state index >= 15 is 0 Å². The fraction of sp³-hybridized carbons (Fsp3) is 0.400. The van der Waals surface area contributed by atoms with Crippen LogP contribution in [-0.2, 0) is 14.8 Å². The van der Waals surface area contributed by atoms with E-state index < -0.39 is 16.0 Å². The number of piperidine rings is 1. The summed E-state index contributed by atoms with van der Waals surface area (Å²) in [7, 11) is -2.42. The average molecular weight is 429 g/mol. The lowest BCUT2D eigenvalue weighted by Crippen LogP contribution is -2.39. The van der Waals surface area contributed by atoms with E-state index in [1.807, 2.05) is 0 Å². The Labute approximate surface area is 154 Å². The quantitative estimate of drug-likeness (QED) is 0.689. The Kier molecular flexibility index (Phi) is 5.21. The van der Waals surface area contributed by atoms with Crippen molar-refractivity contribution in [1.82, 2.24) is 19.1 Å². The summed E-state index contributed by atoms with van der Waals surface area (Å²) in [6.07, 6.45) is 4.43. The molecule has 0 spiro atoms. The van der Waals surface area contributed by atoms with E-state index in [4.69, 9.17) is 4.74 Å². The number of benzene rings is 1. The summed E-state index contributed by atoms with van der Waals surface area (Å²) >= 11 is 3.24. The number of ether oxygens (including phenoxy) is 1. The van der Waals surface area contributed by atoms with Gasteiger partial charge in [0.15, 0.2) is 0 Å². The van der Waals surface area contributed by atoms with Gasteiger partial charge in [-0.05, 0) is 47.0 Å². The summed E-state index contributed by atoms with van der Waals surface area (Å²) in [6, 6.07) is 4.51. The third-order valence-corrected chi connectivity index (χ3v) is 6.80. The van der Waals surface area contributed by atoms with Crippen LogP contribution in [0.1, 0.15) is 29.2 Å². The van der Waals surface area contributed by atoms with Gasteiger partial charge >= 0.3 is 5.97 Å². The van der Waals surface area contributed by atoms with E-state index in [0.29, 0.717) is 30.4 Å². The number of hydrogen-bond donors (Lipinski definition) is 0. The Bertz CT molecular complexity index is 862. The highest BCUT2D eigenvalue weighted by atomic mass is 79.9. The Morgan fingerprint density at radius 3 is 2.64 bits per heavy atom. The molecular weight excluding hydrogens is 412 g/mol. The fourth-order valence-electron chi connectivity index (χ4n) is 2.83. The lowest BCUT2D eigenvalue weighted by Gasteiger charge is -2.31. The summed E-state index contributed by atoms with van der Waals surface area (Å²) in [4.78, 5) is 15.8. The molecule has 0 radical (unpaired) electrons. The van der Waals surface area contributed by atoms with Crippen molar-refractivity contribution in [2.75, 3.05) is 20.2 Å². The van der Waals surface area contributed by atoms with Crippen molar-refractivity contribution in [2.45, 2.75) is 23.8 Å². The van der Waals surface area contributed by atoms with Crippen LogP contribution in [0.3, 0.4) is 0 Å². The SMILES string of the molecule is COC(=O)c1cc(S(=O)(=O)N2CCC(n3cncn3)CC2)ccc1Br. The van der Waals surface area contributed by atoms with Gasteiger partial charge in [-0.1, -0.05) is 0 Å². The first-order chi connectivity index (χ1) is 11.9. The van der Waals surface area contributed by atoms with Gasteiger partial charge < -0.3 is 4.74 Å². The van der Waals surface area contributed by atoms with Crippen molar-refractivity contribution in [3.05, 3.63) is 40.9 Å². The second-order valence-electron chi connectivity index (χ2n) is 5.64. The summed E-state index contributed by atoms with van der Waals surface area (Å²) in [5, 5.41) is 4.12. The molecule has 1 aliphatic rings. The minimum Gasteiger partial charge on any atom is -0.465 e. The minimum absolute atomic E-state index is 0.0790. The van der Waals surface area contributed by atoms with E-state index in [1.54, 1.807) is 17.1 Å². The highest BCUT2D eigenvalue weighted by Gasteiger charge is 2.31. The molecule has 0 atom stereocenters. The van der Waals surface area contributed by atoms with Crippen LogP contribution in [0.4, 0.5) is 0 Å². The van der Waals surface area contributed by atoms with Crippen molar-refractivity contribution >= 4 is 31.9 Å². The summed E-state index contributed by atoms with van der Waals surface area (Å²) in [5.74, 6) is -0.589. The molecule has 1 aliphatic heterocycles. The lowest BCUT2D eigenvalue weighted by atomic mass is 10.1. The van der Waals surface area contributed by atoms with Gasteiger partial charge in [0.25, 0.3) is 0 Å². The molecule has 3 rings (SSSR count). The molecule has 1 aromatic heterocycles.